The lowest BCUT2D eigenvalue weighted by molar-refractivity contribution is -0.133. The molecule has 1 N–H and O–H groups in total. The zero-order valence-electron chi connectivity index (χ0n) is 13.3. The van der Waals surface area contributed by atoms with Gasteiger partial charge in [-0.25, -0.2) is 4.39 Å². The van der Waals surface area contributed by atoms with Crippen LogP contribution in [0.1, 0.15) is 12.5 Å². The molecule has 5 nitrogen and oxygen atoms in total. The van der Waals surface area contributed by atoms with Crippen molar-refractivity contribution in [1.29, 1.82) is 0 Å². The zero-order valence-corrected chi connectivity index (χ0v) is 13.3. The van der Waals surface area contributed by atoms with Crippen LogP contribution < -0.4 is 0 Å². The lowest BCUT2D eigenvalue weighted by atomic mass is 10.1. The molecule has 1 aromatic carbocycles. The van der Waals surface area contributed by atoms with Crippen LogP contribution in [0.25, 0.3) is 11.3 Å². The van der Waals surface area contributed by atoms with Gasteiger partial charge in [-0.2, -0.15) is 5.10 Å². The van der Waals surface area contributed by atoms with Crippen LogP contribution in [0.15, 0.2) is 30.5 Å². The Morgan fingerprint density at radius 3 is 2.73 bits per heavy atom. The number of hydrogen-bond donors (Lipinski definition) is 1. The van der Waals surface area contributed by atoms with Gasteiger partial charge in [0.05, 0.1) is 17.9 Å². The molecule has 1 amide bonds. The molecule has 0 radical (unpaired) electrons. The second-order valence-electron chi connectivity index (χ2n) is 5.60. The van der Waals surface area contributed by atoms with Crippen molar-refractivity contribution in [3.63, 3.8) is 0 Å². The molecule has 6 heteroatoms. The van der Waals surface area contributed by atoms with Gasteiger partial charge in [0.25, 0.3) is 0 Å². The van der Waals surface area contributed by atoms with Gasteiger partial charge >= 0.3 is 0 Å². The summed E-state index contributed by atoms with van der Waals surface area (Å²) in [7, 11) is 5.36. The molecule has 0 saturated carbocycles. The van der Waals surface area contributed by atoms with Crippen LogP contribution in [0, 0.1) is 5.82 Å². The molecule has 1 atom stereocenters. The Bertz CT molecular complexity index is 653. The topological polar surface area (TPSA) is 52.2 Å². The number of hydrogen-bond acceptors (Lipinski definition) is 3. The SMILES string of the molecule is C[C@H](C(=O)N(C)C)N(C)Cc1cn[nH]c1-c1cccc(F)c1. The molecule has 0 aliphatic heterocycles. The number of aromatic nitrogens is 2. The van der Waals surface area contributed by atoms with Gasteiger partial charge in [-0.05, 0) is 26.1 Å². The van der Waals surface area contributed by atoms with Gasteiger partial charge < -0.3 is 4.90 Å². The van der Waals surface area contributed by atoms with Gasteiger partial charge in [-0.3, -0.25) is 14.8 Å². The van der Waals surface area contributed by atoms with Crippen molar-refractivity contribution in [2.45, 2.75) is 19.5 Å². The lowest BCUT2D eigenvalue weighted by Crippen LogP contribution is -2.42. The van der Waals surface area contributed by atoms with E-state index in [1.807, 2.05) is 24.9 Å². The summed E-state index contributed by atoms with van der Waals surface area (Å²) in [6, 6.07) is 6.12. The highest BCUT2D eigenvalue weighted by atomic mass is 19.1. The van der Waals surface area contributed by atoms with Crippen LogP contribution in [-0.2, 0) is 11.3 Å². The number of nitrogens with zero attached hydrogens (tertiary/aromatic N) is 3. The Morgan fingerprint density at radius 2 is 2.09 bits per heavy atom. The molecule has 0 bridgehead atoms. The fourth-order valence-electron chi connectivity index (χ4n) is 2.29. The number of halogens is 1. The second kappa shape index (κ2) is 6.70. The average molecular weight is 304 g/mol. The van der Waals surface area contributed by atoms with Crippen LogP contribution in [-0.4, -0.2) is 53.1 Å². The molecule has 1 heterocycles. The van der Waals surface area contributed by atoms with Crippen LogP contribution in [0.4, 0.5) is 4.39 Å². The number of likely N-dealkylation sites (N-methyl/N-ethyl adjacent to an activating group) is 2. The van der Waals surface area contributed by atoms with Gasteiger partial charge in [0.1, 0.15) is 5.82 Å². The number of amides is 1. The molecular formula is C16H21FN4O. The van der Waals surface area contributed by atoms with Gasteiger partial charge in [0.15, 0.2) is 0 Å². The summed E-state index contributed by atoms with van der Waals surface area (Å²) in [6.45, 7) is 2.41. The summed E-state index contributed by atoms with van der Waals surface area (Å²) in [4.78, 5) is 15.5. The Balaban J connectivity index is 2.18. The van der Waals surface area contributed by atoms with E-state index in [-0.39, 0.29) is 17.8 Å². The molecule has 0 aliphatic carbocycles. The smallest absolute Gasteiger partial charge is 0.239 e. The Hall–Kier alpha value is -2.21. The maximum atomic E-state index is 13.4. The standard InChI is InChI=1S/C16H21FN4O/c1-11(16(22)20(2)3)21(4)10-13-9-18-19-15(13)12-6-5-7-14(17)8-12/h5-9,11H,10H2,1-4H3,(H,18,19)/t11-/m1/s1. The normalized spacial score (nSPS) is 12.5. The Kier molecular flexibility index (Phi) is 4.92. The quantitative estimate of drug-likeness (QED) is 0.920. The first-order chi connectivity index (χ1) is 10.4. The molecule has 0 saturated heterocycles. The van der Waals surface area contributed by atoms with E-state index < -0.39 is 0 Å². The predicted octanol–water partition coefficient (Wildman–Crippen LogP) is 2.12. The number of rotatable bonds is 5. The highest BCUT2D eigenvalue weighted by Crippen LogP contribution is 2.23. The van der Waals surface area contributed by atoms with Crippen molar-refractivity contribution in [3.8, 4) is 11.3 Å². The second-order valence-corrected chi connectivity index (χ2v) is 5.60. The highest BCUT2D eigenvalue weighted by Gasteiger charge is 2.21. The van der Waals surface area contributed by atoms with E-state index in [1.54, 1.807) is 31.3 Å². The minimum atomic E-state index is -0.289. The summed E-state index contributed by atoms with van der Waals surface area (Å²) in [5.74, 6) is -0.249. The number of aromatic amines is 1. The van der Waals surface area contributed by atoms with Crippen molar-refractivity contribution < 1.29 is 9.18 Å². The van der Waals surface area contributed by atoms with Gasteiger partial charge in [-0.15, -0.1) is 0 Å². The molecular weight excluding hydrogens is 283 g/mol. The predicted molar refractivity (Wildman–Crippen MR) is 83.6 cm³/mol. The molecule has 0 spiro atoms. The molecule has 118 valence electrons. The van der Waals surface area contributed by atoms with Crippen LogP contribution in [0.2, 0.25) is 0 Å². The highest BCUT2D eigenvalue weighted by molar-refractivity contribution is 5.80. The van der Waals surface area contributed by atoms with E-state index in [2.05, 4.69) is 10.2 Å². The van der Waals surface area contributed by atoms with Gasteiger partial charge in [0.2, 0.25) is 5.91 Å². The first-order valence-electron chi connectivity index (χ1n) is 7.09. The monoisotopic (exact) mass is 304 g/mol. The molecule has 0 unspecified atom stereocenters. The third-order valence-corrected chi connectivity index (χ3v) is 3.71. The van der Waals surface area contributed by atoms with E-state index in [9.17, 15) is 9.18 Å². The van der Waals surface area contributed by atoms with Crippen molar-refractivity contribution in [2.75, 3.05) is 21.1 Å². The van der Waals surface area contributed by atoms with Crippen molar-refractivity contribution in [3.05, 3.63) is 41.8 Å². The maximum absolute atomic E-state index is 13.4. The van der Waals surface area contributed by atoms with Crippen molar-refractivity contribution >= 4 is 5.91 Å². The first kappa shape index (κ1) is 16.2. The van der Waals surface area contributed by atoms with E-state index in [1.165, 1.54) is 12.1 Å². The Morgan fingerprint density at radius 1 is 1.36 bits per heavy atom. The van der Waals surface area contributed by atoms with Gasteiger partial charge in [0, 0.05) is 31.8 Å². The summed E-state index contributed by atoms with van der Waals surface area (Å²) in [5, 5.41) is 6.96. The number of H-pyrrole nitrogens is 1. The summed E-state index contributed by atoms with van der Waals surface area (Å²) in [5.41, 5.74) is 2.44. The number of benzene rings is 1. The minimum absolute atomic E-state index is 0.0401. The zero-order chi connectivity index (χ0) is 16.3. The van der Waals surface area contributed by atoms with E-state index in [0.29, 0.717) is 6.54 Å². The van der Waals surface area contributed by atoms with Crippen LogP contribution in [0.3, 0.4) is 0 Å². The van der Waals surface area contributed by atoms with E-state index >= 15 is 0 Å². The molecule has 0 aliphatic rings. The third-order valence-electron chi connectivity index (χ3n) is 3.71. The van der Waals surface area contributed by atoms with Crippen LogP contribution >= 0.6 is 0 Å². The van der Waals surface area contributed by atoms with E-state index in [0.717, 1.165) is 16.8 Å². The van der Waals surface area contributed by atoms with Gasteiger partial charge in [-0.1, -0.05) is 12.1 Å². The van der Waals surface area contributed by atoms with Crippen molar-refractivity contribution in [1.82, 2.24) is 20.0 Å². The third kappa shape index (κ3) is 3.51. The number of carbonyl (C=O) groups is 1. The first-order valence-corrected chi connectivity index (χ1v) is 7.09. The fraction of sp³-hybridized carbons (Fsp3) is 0.375. The molecule has 2 rings (SSSR count). The summed E-state index contributed by atoms with van der Waals surface area (Å²) >= 11 is 0. The fourth-order valence-corrected chi connectivity index (χ4v) is 2.29. The molecule has 1 aromatic heterocycles. The molecule has 22 heavy (non-hydrogen) atoms. The van der Waals surface area contributed by atoms with Crippen molar-refractivity contribution in [2.24, 2.45) is 0 Å². The number of carbonyl (C=O) groups excluding carboxylic acids is 1. The average Bonchev–Trinajstić information content (AvgIpc) is 2.93. The molecule has 0 fully saturated rings. The summed E-state index contributed by atoms with van der Waals surface area (Å²) < 4.78 is 13.4. The Labute approximate surface area is 129 Å². The lowest BCUT2D eigenvalue weighted by Gasteiger charge is -2.26. The molecule has 2 aromatic rings. The number of nitrogens with one attached hydrogen (secondary N) is 1. The largest absolute Gasteiger partial charge is 0.347 e. The minimum Gasteiger partial charge on any atom is -0.347 e. The van der Waals surface area contributed by atoms with Crippen LogP contribution in [0.5, 0.6) is 0 Å². The summed E-state index contributed by atoms with van der Waals surface area (Å²) in [6.07, 6.45) is 1.71. The van der Waals surface area contributed by atoms with E-state index in [4.69, 9.17) is 0 Å². The maximum Gasteiger partial charge on any atom is 0.239 e.